The van der Waals surface area contributed by atoms with Gasteiger partial charge >= 0.3 is 0 Å². The summed E-state index contributed by atoms with van der Waals surface area (Å²) in [6.45, 7) is 0.264. The molecule has 2 aromatic carbocycles. The maximum atomic E-state index is 13.6. The number of anilines is 1. The van der Waals surface area contributed by atoms with Crippen molar-refractivity contribution in [3.63, 3.8) is 0 Å². The predicted molar refractivity (Wildman–Crippen MR) is 129 cm³/mol. The van der Waals surface area contributed by atoms with Crippen LogP contribution in [-0.2, 0) is 4.79 Å². The van der Waals surface area contributed by atoms with Gasteiger partial charge in [-0.3, -0.25) is 9.59 Å². The van der Waals surface area contributed by atoms with Crippen molar-refractivity contribution in [2.45, 2.75) is 10.9 Å². The SMILES string of the molecule is COc1ccc2c(c1)OCCN(C(=O)c1cc(O)no1)C2C(=O)Nc1ccc(S(C)(C)C)cc1. The molecule has 10 heteroatoms. The van der Waals surface area contributed by atoms with Crippen LogP contribution in [0.5, 0.6) is 17.4 Å². The smallest absolute Gasteiger partial charge is 0.293 e. The predicted octanol–water partition coefficient (Wildman–Crippen LogP) is 3.66. The maximum Gasteiger partial charge on any atom is 0.293 e. The zero-order valence-corrected chi connectivity index (χ0v) is 20.2. The highest BCUT2D eigenvalue weighted by molar-refractivity contribution is 8.32. The molecule has 1 aliphatic rings. The molecule has 0 saturated heterocycles. The number of rotatable bonds is 5. The summed E-state index contributed by atoms with van der Waals surface area (Å²) >= 11 is 0. The molecular weight excluding hydrogens is 458 g/mol. The van der Waals surface area contributed by atoms with Gasteiger partial charge < -0.3 is 29.3 Å². The topological polar surface area (TPSA) is 114 Å². The first-order valence-corrected chi connectivity index (χ1v) is 13.4. The standard InChI is InChI=1S/C24H27N3O6S/c1-31-16-7-10-18-19(13-16)32-12-11-27(24(30)20-14-21(28)26-33-20)22(18)23(29)25-15-5-8-17(9-6-15)34(2,3)4/h5-10,13-14,22H,11-12H2,1-4H3,(H,25,29)(H,26,28). The lowest BCUT2D eigenvalue weighted by Crippen LogP contribution is -2.42. The monoisotopic (exact) mass is 485 g/mol. The van der Waals surface area contributed by atoms with Crippen LogP contribution in [0.15, 0.2) is 57.9 Å². The van der Waals surface area contributed by atoms with E-state index in [4.69, 9.17) is 14.0 Å². The van der Waals surface area contributed by atoms with E-state index in [1.54, 1.807) is 18.2 Å². The van der Waals surface area contributed by atoms with Crippen molar-refractivity contribution in [1.82, 2.24) is 10.1 Å². The summed E-state index contributed by atoms with van der Waals surface area (Å²) in [4.78, 5) is 29.4. The Morgan fingerprint density at radius 3 is 2.50 bits per heavy atom. The average molecular weight is 486 g/mol. The Kier molecular flexibility index (Phi) is 6.43. The number of fused-ring (bicyclic) bond motifs is 1. The Labute approximate surface area is 199 Å². The van der Waals surface area contributed by atoms with Gasteiger partial charge in [-0.15, -0.1) is 0 Å². The van der Waals surface area contributed by atoms with E-state index in [1.165, 1.54) is 16.9 Å². The van der Waals surface area contributed by atoms with E-state index in [0.29, 0.717) is 22.7 Å². The number of hydrogen-bond donors (Lipinski definition) is 2. The van der Waals surface area contributed by atoms with Gasteiger partial charge in [-0.2, -0.15) is 0 Å². The number of hydrogen-bond acceptors (Lipinski definition) is 7. The number of benzene rings is 2. The largest absolute Gasteiger partial charge is 0.497 e. The lowest BCUT2D eigenvalue weighted by Gasteiger charge is -2.28. The average Bonchev–Trinajstić information content (AvgIpc) is 3.14. The van der Waals surface area contributed by atoms with Gasteiger partial charge in [0.2, 0.25) is 5.76 Å². The fraction of sp³-hybridized carbons (Fsp3) is 0.292. The van der Waals surface area contributed by atoms with E-state index in [2.05, 4.69) is 29.2 Å². The first kappa shape index (κ1) is 23.5. The van der Waals surface area contributed by atoms with Crippen LogP contribution in [0.1, 0.15) is 22.2 Å². The van der Waals surface area contributed by atoms with Gasteiger partial charge in [0, 0.05) is 17.3 Å². The van der Waals surface area contributed by atoms with Crippen LogP contribution in [0.4, 0.5) is 5.69 Å². The van der Waals surface area contributed by atoms with E-state index in [-0.39, 0.29) is 18.9 Å². The molecule has 0 spiro atoms. The number of aromatic hydroxyl groups is 1. The van der Waals surface area contributed by atoms with Crippen molar-refractivity contribution in [2.24, 2.45) is 0 Å². The van der Waals surface area contributed by atoms with Gasteiger partial charge in [0.25, 0.3) is 17.7 Å². The molecule has 2 N–H and O–H groups in total. The van der Waals surface area contributed by atoms with Crippen LogP contribution in [0.25, 0.3) is 0 Å². The van der Waals surface area contributed by atoms with Crippen LogP contribution in [0, 0.1) is 0 Å². The first-order chi connectivity index (χ1) is 16.2. The molecule has 3 aromatic rings. The van der Waals surface area contributed by atoms with Gasteiger partial charge in [0.1, 0.15) is 24.1 Å². The minimum atomic E-state index is -1.02. The molecular formula is C24H27N3O6S. The van der Waals surface area contributed by atoms with Crippen LogP contribution >= 0.6 is 10.0 Å². The van der Waals surface area contributed by atoms with Gasteiger partial charge in [0.05, 0.1) is 19.7 Å². The summed E-state index contributed by atoms with van der Waals surface area (Å²) in [6, 6.07) is 12.9. The summed E-state index contributed by atoms with van der Waals surface area (Å²) in [5.74, 6) is -0.580. The van der Waals surface area contributed by atoms with Crippen molar-refractivity contribution in [3.8, 4) is 17.4 Å². The highest BCUT2D eigenvalue weighted by atomic mass is 32.3. The van der Waals surface area contributed by atoms with Gasteiger partial charge in [-0.1, -0.05) is 0 Å². The molecule has 1 aliphatic heterocycles. The second kappa shape index (κ2) is 9.30. The Bertz CT molecular complexity index is 1200. The molecule has 0 fully saturated rings. The number of nitrogens with zero attached hydrogens (tertiary/aromatic N) is 2. The zero-order chi connectivity index (χ0) is 24.5. The third kappa shape index (κ3) is 4.81. The Morgan fingerprint density at radius 1 is 1.15 bits per heavy atom. The van der Waals surface area contributed by atoms with Gasteiger partial charge in [-0.05, 0) is 65.2 Å². The number of amides is 2. The second-order valence-electron chi connectivity index (χ2n) is 8.55. The van der Waals surface area contributed by atoms with Crippen LogP contribution < -0.4 is 14.8 Å². The number of ether oxygens (including phenoxy) is 2. The summed E-state index contributed by atoms with van der Waals surface area (Å²) in [7, 11) is 0.640. The quantitative estimate of drug-likeness (QED) is 0.567. The molecule has 9 nitrogen and oxygen atoms in total. The van der Waals surface area contributed by atoms with Gasteiger partial charge in [-0.25, -0.2) is 10.0 Å². The highest BCUT2D eigenvalue weighted by Gasteiger charge is 2.37. The van der Waals surface area contributed by atoms with E-state index in [1.807, 2.05) is 24.3 Å². The van der Waals surface area contributed by atoms with E-state index in [0.717, 1.165) is 6.07 Å². The molecule has 0 aliphatic carbocycles. The minimum Gasteiger partial charge on any atom is -0.497 e. The number of methoxy groups -OCH3 is 1. The molecule has 180 valence electrons. The van der Waals surface area contributed by atoms with Crippen molar-refractivity contribution in [1.29, 1.82) is 0 Å². The van der Waals surface area contributed by atoms with Crippen molar-refractivity contribution >= 4 is 27.5 Å². The van der Waals surface area contributed by atoms with Crippen LogP contribution in [0.3, 0.4) is 0 Å². The summed E-state index contributed by atoms with van der Waals surface area (Å²) in [5.41, 5.74) is 1.12. The molecule has 1 atom stereocenters. The Hall–Kier alpha value is -3.66. The van der Waals surface area contributed by atoms with Gasteiger partial charge in [0.15, 0.2) is 0 Å². The molecule has 2 heterocycles. The van der Waals surface area contributed by atoms with Crippen LogP contribution in [-0.4, -0.2) is 66.0 Å². The Balaban J connectivity index is 1.70. The molecule has 0 saturated carbocycles. The number of carbonyl (C=O) groups excluding carboxylic acids is 2. The third-order valence-corrected chi connectivity index (χ3v) is 7.15. The fourth-order valence-corrected chi connectivity index (χ4v) is 4.66. The fourth-order valence-electron chi connectivity index (χ4n) is 3.71. The minimum absolute atomic E-state index is 0.113. The second-order valence-corrected chi connectivity index (χ2v) is 12.7. The third-order valence-electron chi connectivity index (χ3n) is 5.46. The normalized spacial score (nSPS) is 16.1. The number of aromatic nitrogens is 1. The van der Waals surface area contributed by atoms with Crippen LogP contribution in [0.2, 0.25) is 0 Å². The van der Waals surface area contributed by atoms with E-state index < -0.39 is 33.8 Å². The maximum absolute atomic E-state index is 13.6. The molecule has 0 radical (unpaired) electrons. The summed E-state index contributed by atoms with van der Waals surface area (Å²) in [5, 5.41) is 15.8. The Morgan fingerprint density at radius 2 is 1.88 bits per heavy atom. The van der Waals surface area contributed by atoms with Crippen molar-refractivity contribution in [3.05, 3.63) is 59.9 Å². The lowest BCUT2D eigenvalue weighted by atomic mass is 10.0. The molecule has 34 heavy (non-hydrogen) atoms. The molecule has 4 rings (SSSR count). The first-order valence-electron chi connectivity index (χ1n) is 10.5. The summed E-state index contributed by atoms with van der Waals surface area (Å²) < 4.78 is 16.1. The molecule has 1 aromatic heterocycles. The lowest BCUT2D eigenvalue weighted by molar-refractivity contribution is -0.120. The number of nitrogens with one attached hydrogen (secondary N) is 1. The zero-order valence-electron chi connectivity index (χ0n) is 19.4. The van der Waals surface area contributed by atoms with E-state index in [9.17, 15) is 14.7 Å². The molecule has 1 unspecified atom stereocenters. The van der Waals surface area contributed by atoms with Crippen molar-refractivity contribution in [2.75, 3.05) is 44.3 Å². The number of carbonyl (C=O) groups is 2. The molecule has 2 amide bonds. The van der Waals surface area contributed by atoms with E-state index >= 15 is 0 Å². The molecule has 0 bridgehead atoms. The summed E-state index contributed by atoms with van der Waals surface area (Å²) in [6.07, 6.45) is 6.59. The highest BCUT2D eigenvalue weighted by Crippen LogP contribution is 2.45. The van der Waals surface area contributed by atoms with Crippen molar-refractivity contribution < 1.29 is 28.7 Å².